The highest BCUT2D eigenvalue weighted by atomic mass is 32.2. The molecule has 0 unspecified atom stereocenters. The molecule has 1 saturated heterocycles. The van der Waals surface area contributed by atoms with Gasteiger partial charge in [-0.25, -0.2) is 8.42 Å². The first kappa shape index (κ1) is 17.6. The van der Waals surface area contributed by atoms with Crippen LogP contribution in [0.3, 0.4) is 0 Å². The van der Waals surface area contributed by atoms with E-state index in [2.05, 4.69) is 14.9 Å². The average molecular weight is 389 g/mol. The molecule has 9 heteroatoms. The van der Waals surface area contributed by atoms with Crippen molar-refractivity contribution in [1.82, 2.24) is 0 Å². The molecule has 1 fully saturated rings. The lowest BCUT2D eigenvalue weighted by molar-refractivity contribution is -0.118. The smallest absolute Gasteiger partial charge is 0.262 e. The Bertz CT molecular complexity index is 971. The molecule has 8 nitrogen and oxygen atoms in total. The molecule has 1 amide bonds. The normalized spacial score (nSPS) is 16.9. The molecule has 0 saturated carbocycles. The molecule has 0 aliphatic carbocycles. The molecule has 2 heterocycles. The number of rotatable bonds is 4. The van der Waals surface area contributed by atoms with Crippen LogP contribution >= 0.6 is 0 Å². The van der Waals surface area contributed by atoms with E-state index in [-0.39, 0.29) is 17.4 Å². The maximum atomic E-state index is 12.9. The number of nitrogens with one attached hydrogen (secondary N) is 2. The summed E-state index contributed by atoms with van der Waals surface area (Å²) in [4.78, 5) is 13.6. The largest absolute Gasteiger partial charge is 0.482 e. The fraction of sp³-hybridized carbons (Fsp3) is 0.278. The van der Waals surface area contributed by atoms with Crippen LogP contribution in [0, 0.1) is 0 Å². The zero-order valence-electron chi connectivity index (χ0n) is 14.5. The highest BCUT2D eigenvalue weighted by Crippen LogP contribution is 2.32. The quantitative estimate of drug-likeness (QED) is 0.825. The third-order valence-corrected chi connectivity index (χ3v) is 5.76. The second-order valence-electron chi connectivity index (χ2n) is 6.22. The summed E-state index contributed by atoms with van der Waals surface area (Å²) in [5.74, 6) is 0.130. The summed E-state index contributed by atoms with van der Waals surface area (Å²) in [6, 6.07) is 11.6. The van der Waals surface area contributed by atoms with Gasteiger partial charge in [-0.1, -0.05) is 12.1 Å². The molecule has 27 heavy (non-hydrogen) atoms. The van der Waals surface area contributed by atoms with Crippen molar-refractivity contribution in [1.29, 1.82) is 0 Å². The van der Waals surface area contributed by atoms with Crippen LogP contribution < -0.4 is 19.7 Å². The lowest BCUT2D eigenvalue weighted by Gasteiger charge is -2.30. The second kappa shape index (κ2) is 7.09. The van der Waals surface area contributed by atoms with Gasteiger partial charge in [0.25, 0.3) is 15.9 Å². The number of ether oxygens (including phenoxy) is 2. The topological polar surface area (TPSA) is 97.0 Å². The highest BCUT2D eigenvalue weighted by molar-refractivity contribution is 7.92. The van der Waals surface area contributed by atoms with Gasteiger partial charge in [0.05, 0.1) is 35.2 Å². The summed E-state index contributed by atoms with van der Waals surface area (Å²) in [5, 5.41) is 2.62. The van der Waals surface area contributed by atoms with Crippen molar-refractivity contribution < 1.29 is 22.7 Å². The molecule has 0 radical (unpaired) electrons. The Kier molecular flexibility index (Phi) is 4.63. The van der Waals surface area contributed by atoms with Crippen LogP contribution in [0.2, 0.25) is 0 Å². The molecule has 0 spiro atoms. The number of hydrogen-bond donors (Lipinski definition) is 2. The van der Waals surface area contributed by atoms with Crippen LogP contribution in [0.15, 0.2) is 47.4 Å². The number of amides is 1. The van der Waals surface area contributed by atoms with Crippen molar-refractivity contribution in [2.24, 2.45) is 0 Å². The van der Waals surface area contributed by atoms with E-state index < -0.39 is 10.0 Å². The van der Waals surface area contributed by atoms with E-state index >= 15 is 0 Å². The molecule has 142 valence electrons. The summed E-state index contributed by atoms with van der Waals surface area (Å²) in [5.41, 5.74) is 1.65. The number of fused-ring (bicyclic) bond motifs is 1. The van der Waals surface area contributed by atoms with Gasteiger partial charge >= 0.3 is 0 Å². The third kappa shape index (κ3) is 3.69. The first-order valence-electron chi connectivity index (χ1n) is 8.54. The molecule has 0 aromatic heterocycles. The maximum Gasteiger partial charge on any atom is 0.262 e. The first-order valence-corrected chi connectivity index (χ1v) is 10.0. The summed E-state index contributed by atoms with van der Waals surface area (Å²) >= 11 is 0. The summed E-state index contributed by atoms with van der Waals surface area (Å²) < 4.78 is 39.1. The second-order valence-corrected chi connectivity index (χ2v) is 7.90. The fourth-order valence-electron chi connectivity index (χ4n) is 3.07. The highest BCUT2D eigenvalue weighted by Gasteiger charge is 2.23. The Morgan fingerprint density at radius 3 is 2.67 bits per heavy atom. The molecule has 0 atom stereocenters. The molecular weight excluding hydrogens is 370 g/mol. The van der Waals surface area contributed by atoms with Crippen molar-refractivity contribution in [3.63, 3.8) is 0 Å². The molecule has 2 N–H and O–H groups in total. The van der Waals surface area contributed by atoms with Crippen molar-refractivity contribution in [3.8, 4) is 5.75 Å². The van der Waals surface area contributed by atoms with Gasteiger partial charge in [0, 0.05) is 13.1 Å². The lowest BCUT2D eigenvalue weighted by Crippen LogP contribution is -2.36. The van der Waals surface area contributed by atoms with E-state index in [0.717, 1.165) is 5.69 Å². The maximum absolute atomic E-state index is 12.9. The number of carbonyl (C=O) groups is 1. The van der Waals surface area contributed by atoms with Gasteiger partial charge < -0.3 is 19.7 Å². The van der Waals surface area contributed by atoms with Gasteiger partial charge in [0.2, 0.25) is 0 Å². The predicted molar refractivity (Wildman–Crippen MR) is 101 cm³/mol. The third-order valence-electron chi connectivity index (χ3n) is 4.39. The lowest BCUT2D eigenvalue weighted by atomic mass is 10.2. The van der Waals surface area contributed by atoms with E-state index in [1.54, 1.807) is 12.1 Å². The number of benzene rings is 2. The van der Waals surface area contributed by atoms with Gasteiger partial charge in [-0.05, 0) is 30.3 Å². The van der Waals surface area contributed by atoms with Crippen LogP contribution in [-0.4, -0.2) is 47.2 Å². The number of carbonyl (C=O) groups excluding carboxylic acids is 1. The van der Waals surface area contributed by atoms with Gasteiger partial charge in [-0.15, -0.1) is 0 Å². The van der Waals surface area contributed by atoms with E-state index in [9.17, 15) is 13.2 Å². The van der Waals surface area contributed by atoms with E-state index in [4.69, 9.17) is 9.47 Å². The van der Waals surface area contributed by atoms with E-state index in [1.807, 2.05) is 12.1 Å². The van der Waals surface area contributed by atoms with Crippen LogP contribution in [-0.2, 0) is 19.6 Å². The molecule has 2 aromatic carbocycles. The summed E-state index contributed by atoms with van der Waals surface area (Å²) in [6.45, 7) is 2.52. The summed E-state index contributed by atoms with van der Waals surface area (Å²) in [6.07, 6.45) is 0. The Balaban J connectivity index is 1.63. The van der Waals surface area contributed by atoms with Gasteiger partial charge in [-0.2, -0.15) is 0 Å². The van der Waals surface area contributed by atoms with Crippen LogP contribution in [0.1, 0.15) is 0 Å². The number of sulfonamides is 1. The number of hydrogen-bond acceptors (Lipinski definition) is 6. The average Bonchev–Trinajstić information content (AvgIpc) is 2.68. The standard InChI is InChI=1S/C18H19N3O5S/c22-18-12-26-17-6-5-13(11-15(17)19-18)27(23,24)20-14-3-1-2-4-16(14)21-7-9-25-10-8-21/h1-6,11,20H,7-10,12H2,(H,19,22). The van der Waals surface area contributed by atoms with Gasteiger partial charge in [-0.3, -0.25) is 9.52 Å². The SMILES string of the molecule is O=C1COc2ccc(S(=O)(=O)Nc3ccccc3N3CCOCC3)cc2N1. The Morgan fingerprint density at radius 2 is 1.85 bits per heavy atom. The van der Waals surface area contributed by atoms with Crippen molar-refractivity contribution in [2.75, 3.05) is 47.8 Å². The Labute approximate surface area is 157 Å². The number of morpholine rings is 1. The van der Waals surface area contributed by atoms with Crippen LogP contribution in [0.4, 0.5) is 17.1 Å². The number of para-hydroxylation sites is 2. The van der Waals surface area contributed by atoms with Crippen molar-refractivity contribution in [3.05, 3.63) is 42.5 Å². The van der Waals surface area contributed by atoms with Crippen LogP contribution in [0.5, 0.6) is 5.75 Å². The zero-order valence-corrected chi connectivity index (χ0v) is 15.3. The minimum Gasteiger partial charge on any atom is -0.482 e. The molecule has 2 aromatic rings. The van der Waals surface area contributed by atoms with Crippen LogP contribution in [0.25, 0.3) is 0 Å². The molecular formula is C18H19N3O5S. The predicted octanol–water partition coefficient (Wildman–Crippen LogP) is 1.65. The van der Waals surface area contributed by atoms with E-state index in [0.29, 0.717) is 43.4 Å². The molecule has 4 rings (SSSR count). The monoisotopic (exact) mass is 389 g/mol. The summed E-state index contributed by atoms with van der Waals surface area (Å²) in [7, 11) is -3.84. The van der Waals surface area contributed by atoms with Gasteiger partial charge in [0.1, 0.15) is 5.75 Å². The fourth-order valence-corrected chi connectivity index (χ4v) is 4.17. The van der Waals surface area contributed by atoms with Crippen molar-refractivity contribution >= 4 is 33.0 Å². The minimum absolute atomic E-state index is 0.0452. The van der Waals surface area contributed by atoms with Gasteiger partial charge in [0.15, 0.2) is 6.61 Å². The number of anilines is 3. The Hall–Kier alpha value is -2.78. The minimum atomic E-state index is -3.84. The Morgan fingerprint density at radius 1 is 1.07 bits per heavy atom. The van der Waals surface area contributed by atoms with Crippen molar-refractivity contribution in [2.45, 2.75) is 4.90 Å². The van der Waals surface area contributed by atoms with E-state index in [1.165, 1.54) is 18.2 Å². The number of nitrogens with zero attached hydrogens (tertiary/aromatic N) is 1. The molecule has 2 aliphatic heterocycles. The first-order chi connectivity index (χ1) is 13.0. The molecule has 2 aliphatic rings. The zero-order chi connectivity index (χ0) is 18.9. The molecule has 0 bridgehead atoms.